The molecule has 1 atom stereocenters. The van der Waals surface area contributed by atoms with Gasteiger partial charge in [0, 0.05) is 23.8 Å². The van der Waals surface area contributed by atoms with E-state index in [2.05, 4.69) is 5.32 Å². The molecule has 1 amide bonds. The molecule has 164 valence electrons. The summed E-state index contributed by atoms with van der Waals surface area (Å²) in [7, 11) is 0. The normalized spacial score (nSPS) is 11.6. The van der Waals surface area contributed by atoms with Crippen LogP contribution in [0.3, 0.4) is 0 Å². The van der Waals surface area contributed by atoms with Gasteiger partial charge in [-0.3, -0.25) is 14.9 Å². The number of hydrogen-bond donors (Lipinski definition) is 1. The van der Waals surface area contributed by atoms with E-state index >= 15 is 0 Å². The molecule has 0 aliphatic carbocycles. The molecule has 7 nitrogen and oxygen atoms in total. The van der Waals surface area contributed by atoms with Crippen LogP contribution in [0.5, 0.6) is 0 Å². The van der Waals surface area contributed by atoms with Gasteiger partial charge in [0.15, 0.2) is 0 Å². The van der Waals surface area contributed by atoms with Crippen molar-refractivity contribution in [3.8, 4) is 11.1 Å². The van der Waals surface area contributed by atoms with Crippen LogP contribution in [0.1, 0.15) is 40.9 Å². The number of halogens is 1. The molecule has 32 heavy (non-hydrogen) atoms. The molecule has 1 unspecified atom stereocenters. The summed E-state index contributed by atoms with van der Waals surface area (Å²) in [6.07, 6.45) is 0.0104. The number of carbonyl (C=O) groups is 2. The highest BCUT2D eigenvalue weighted by Crippen LogP contribution is 2.27. The maximum Gasteiger partial charge on any atom is 0.237 e. The van der Waals surface area contributed by atoms with Crippen molar-refractivity contribution in [2.75, 3.05) is 5.32 Å². The summed E-state index contributed by atoms with van der Waals surface area (Å²) >= 11 is 0. The lowest BCUT2D eigenvalue weighted by molar-refractivity contribution is -0.524. The van der Waals surface area contributed by atoms with Crippen LogP contribution in [0.4, 0.5) is 10.1 Å². The lowest BCUT2D eigenvalue weighted by Gasteiger charge is -2.15. The van der Waals surface area contributed by atoms with E-state index in [1.165, 1.54) is 25.1 Å². The Morgan fingerprint density at radius 1 is 1.03 bits per heavy atom. The molecule has 0 bridgehead atoms. The molecule has 0 saturated heterocycles. The minimum absolute atomic E-state index is 0.0146. The Hall–Kier alpha value is -4.07. The zero-order chi connectivity index (χ0) is 23.3. The van der Waals surface area contributed by atoms with Crippen molar-refractivity contribution >= 4 is 17.6 Å². The largest absolute Gasteiger partial charge is 0.545 e. The molecule has 0 aliphatic heterocycles. The Morgan fingerprint density at radius 2 is 1.75 bits per heavy atom. The van der Waals surface area contributed by atoms with Gasteiger partial charge in [0.05, 0.1) is 11.7 Å². The third-order valence-electron chi connectivity index (χ3n) is 5.11. The minimum atomic E-state index is -1.47. The molecule has 8 heteroatoms. The van der Waals surface area contributed by atoms with Crippen LogP contribution in [0.2, 0.25) is 0 Å². The Labute approximate surface area is 183 Å². The second-order valence-corrected chi connectivity index (χ2v) is 7.27. The second kappa shape index (κ2) is 9.82. The predicted octanol–water partition coefficient (Wildman–Crippen LogP) is 3.77. The lowest BCUT2D eigenvalue weighted by atomic mass is 10.0. The molecule has 0 heterocycles. The van der Waals surface area contributed by atoms with Crippen molar-refractivity contribution in [2.45, 2.75) is 25.8 Å². The lowest BCUT2D eigenvalue weighted by Crippen LogP contribution is -2.23. The third kappa shape index (κ3) is 5.34. The molecule has 0 aromatic heterocycles. The maximum absolute atomic E-state index is 14.5. The van der Waals surface area contributed by atoms with Crippen molar-refractivity contribution in [2.24, 2.45) is 0 Å². The smallest absolute Gasteiger partial charge is 0.237 e. The van der Waals surface area contributed by atoms with E-state index in [4.69, 9.17) is 0 Å². The topological polar surface area (TPSA) is 112 Å². The van der Waals surface area contributed by atoms with Gasteiger partial charge in [-0.2, -0.15) is 0 Å². The molecule has 3 rings (SSSR count). The van der Waals surface area contributed by atoms with E-state index < -0.39 is 28.7 Å². The molecule has 0 radical (unpaired) electrons. The van der Waals surface area contributed by atoms with Crippen LogP contribution in [0, 0.1) is 15.9 Å². The van der Waals surface area contributed by atoms with Gasteiger partial charge in [-0.05, 0) is 46.9 Å². The first kappa shape index (κ1) is 22.6. The molecule has 3 aromatic carbocycles. The van der Waals surface area contributed by atoms with Gasteiger partial charge < -0.3 is 15.2 Å². The summed E-state index contributed by atoms with van der Waals surface area (Å²) in [6, 6.07) is 16.5. The van der Waals surface area contributed by atoms with E-state index in [-0.39, 0.29) is 29.7 Å². The van der Waals surface area contributed by atoms with Gasteiger partial charge in [0.1, 0.15) is 5.82 Å². The first-order chi connectivity index (χ1) is 15.3. The number of aromatic carboxylic acids is 1. The van der Waals surface area contributed by atoms with Crippen LogP contribution in [0.15, 0.2) is 66.7 Å². The first-order valence-electron chi connectivity index (χ1n) is 9.88. The molecule has 0 fully saturated rings. The molecule has 0 saturated carbocycles. The van der Waals surface area contributed by atoms with E-state index in [0.717, 1.165) is 11.6 Å². The van der Waals surface area contributed by atoms with Crippen molar-refractivity contribution in [3.63, 3.8) is 0 Å². The summed E-state index contributed by atoms with van der Waals surface area (Å²) in [6.45, 7) is 1.33. The molecular weight excluding hydrogens is 415 g/mol. The van der Waals surface area contributed by atoms with Gasteiger partial charge in [-0.1, -0.05) is 48.5 Å². The van der Waals surface area contributed by atoms with Crippen LogP contribution in [-0.2, 0) is 11.2 Å². The number of nitrogens with zero attached hydrogens (tertiary/aromatic N) is 1. The molecule has 0 aliphatic rings. The fraction of sp³-hybridized carbons (Fsp3) is 0.167. The summed E-state index contributed by atoms with van der Waals surface area (Å²) < 4.78 is 14.5. The molecular formula is C24H20FN2O5-. The van der Waals surface area contributed by atoms with Crippen molar-refractivity contribution in [1.82, 2.24) is 0 Å². The number of rotatable bonds is 8. The highest BCUT2D eigenvalue weighted by Gasteiger charge is 2.21. The zero-order valence-corrected chi connectivity index (χ0v) is 17.2. The summed E-state index contributed by atoms with van der Waals surface area (Å²) in [4.78, 5) is 34.2. The number of carbonyl (C=O) groups excluding carboxylic acids is 2. The van der Waals surface area contributed by atoms with Crippen LogP contribution in [0.25, 0.3) is 11.1 Å². The third-order valence-corrected chi connectivity index (χ3v) is 5.11. The highest BCUT2D eigenvalue weighted by atomic mass is 19.1. The monoisotopic (exact) mass is 435 g/mol. The van der Waals surface area contributed by atoms with E-state index in [1.807, 2.05) is 30.3 Å². The number of carboxylic acids is 1. The van der Waals surface area contributed by atoms with E-state index in [1.54, 1.807) is 12.1 Å². The SMILES string of the molecule is CC(c1ccc(C(=O)[O-])cc1NC(=O)CCc1ccc(-c2ccccc2)cc1F)[N+](=O)[O-]. The van der Waals surface area contributed by atoms with Crippen LogP contribution >= 0.6 is 0 Å². The van der Waals surface area contributed by atoms with Crippen LogP contribution in [-0.4, -0.2) is 16.8 Å². The number of benzene rings is 3. The maximum atomic E-state index is 14.5. The fourth-order valence-electron chi connectivity index (χ4n) is 3.29. The van der Waals surface area contributed by atoms with Gasteiger partial charge in [-0.15, -0.1) is 0 Å². The van der Waals surface area contributed by atoms with Crippen molar-refractivity contribution in [3.05, 3.63) is 99.4 Å². The van der Waals surface area contributed by atoms with Gasteiger partial charge >= 0.3 is 0 Å². The van der Waals surface area contributed by atoms with Crippen molar-refractivity contribution < 1.29 is 24.0 Å². The fourth-order valence-corrected chi connectivity index (χ4v) is 3.29. The molecule has 1 N–H and O–H groups in total. The Kier molecular flexibility index (Phi) is 6.94. The number of nitro groups is 1. The van der Waals surface area contributed by atoms with Gasteiger partial charge in [-0.25, -0.2) is 4.39 Å². The number of carboxylic acid groups (broad SMARTS) is 1. The Morgan fingerprint density at radius 3 is 2.38 bits per heavy atom. The van der Waals surface area contributed by atoms with E-state index in [9.17, 15) is 29.2 Å². The Balaban J connectivity index is 1.73. The number of hydrogen-bond acceptors (Lipinski definition) is 5. The predicted molar refractivity (Wildman–Crippen MR) is 115 cm³/mol. The standard InChI is InChI=1S/C24H21FN2O5/c1-15(27(31)32)20-11-9-19(24(29)30)14-22(20)26-23(28)12-10-17-7-8-18(13-21(17)25)16-5-3-2-4-6-16/h2-9,11,13-15H,10,12H2,1H3,(H,26,28)(H,29,30)/p-1. The minimum Gasteiger partial charge on any atom is -0.545 e. The molecule has 3 aromatic rings. The second-order valence-electron chi connectivity index (χ2n) is 7.27. The van der Waals surface area contributed by atoms with Gasteiger partial charge in [0.2, 0.25) is 11.9 Å². The summed E-state index contributed by atoms with van der Waals surface area (Å²) in [5.41, 5.74) is 1.89. The van der Waals surface area contributed by atoms with Crippen molar-refractivity contribution in [1.29, 1.82) is 0 Å². The van der Waals surface area contributed by atoms with E-state index in [0.29, 0.717) is 11.1 Å². The number of amides is 1. The first-order valence-corrected chi connectivity index (χ1v) is 9.88. The summed E-state index contributed by atoms with van der Waals surface area (Å²) in [5.74, 6) is -2.44. The average molecular weight is 435 g/mol. The average Bonchev–Trinajstić information content (AvgIpc) is 2.78. The number of aryl methyl sites for hydroxylation is 1. The highest BCUT2D eigenvalue weighted by molar-refractivity contribution is 5.94. The number of nitrogens with one attached hydrogen (secondary N) is 1. The zero-order valence-electron chi connectivity index (χ0n) is 17.2. The number of anilines is 1. The molecule has 0 spiro atoms. The quantitative estimate of drug-likeness (QED) is 0.428. The van der Waals surface area contributed by atoms with Gasteiger partial charge in [0.25, 0.3) is 0 Å². The summed E-state index contributed by atoms with van der Waals surface area (Å²) in [5, 5.41) is 24.8. The van der Waals surface area contributed by atoms with Crippen LogP contribution < -0.4 is 10.4 Å². The Bertz CT molecular complexity index is 1160.